The Morgan fingerprint density at radius 2 is 2.00 bits per heavy atom. The van der Waals surface area contributed by atoms with E-state index >= 15 is 0 Å². The monoisotopic (exact) mass is 296 g/mol. The second-order valence-electron chi connectivity index (χ2n) is 4.29. The van der Waals surface area contributed by atoms with E-state index in [1.165, 1.54) is 0 Å². The zero-order valence-corrected chi connectivity index (χ0v) is 11.6. The van der Waals surface area contributed by atoms with Crippen molar-refractivity contribution in [1.82, 2.24) is 5.32 Å². The van der Waals surface area contributed by atoms with Crippen molar-refractivity contribution in [2.45, 2.75) is 19.4 Å². The van der Waals surface area contributed by atoms with Gasteiger partial charge in [-0.3, -0.25) is 4.90 Å². The minimum Gasteiger partial charge on any atom is -0.354 e. The summed E-state index contributed by atoms with van der Waals surface area (Å²) in [5, 5.41) is 4.00. The lowest BCUT2D eigenvalue weighted by molar-refractivity contribution is 0.566. The van der Waals surface area contributed by atoms with Crippen molar-refractivity contribution >= 4 is 38.9 Å². The molecule has 1 aromatic carbocycles. The van der Waals surface area contributed by atoms with Crippen LogP contribution in [0.5, 0.6) is 0 Å². The number of halogens is 1. The fourth-order valence-corrected chi connectivity index (χ4v) is 2.44. The highest BCUT2D eigenvalue weighted by molar-refractivity contribution is 9.10. The van der Waals surface area contributed by atoms with Crippen LogP contribution in [0, 0.1) is 0 Å². The average Bonchev–Trinajstić information content (AvgIpc) is 2.18. The van der Waals surface area contributed by atoms with Gasteiger partial charge >= 0.3 is 0 Å². The Morgan fingerprint density at radius 3 is 2.62 bits per heavy atom. The Morgan fingerprint density at radius 1 is 1.31 bits per heavy atom. The first-order chi connectivity index (χ1) is 7.49. The van der Waals surface area contributed by atoms with Crippen LogP contribution in [0.1, 0.15) is 13.8 Å². The largest absolute Gasteiger partial charge is 0.354 e. The van der Waals surface area contributed by atoms with Gasteiger partial charge in [0.25, 0.3) is 0 Å². The maximum Gasteiger partial charge on any atom is 0.178 e. The van der Waals surface area contributed by atoms with E-state index in [4.69, 9.17) is 12.2 Å². The quantitative estimate of drug-likeness (QED) is 0.799. The molecular weight excluding hydrogens is 284 g/mol. The Labute approximate surface area is 109 Å². The van der Waals surface area contributed by atoms with Gasteiger partial charge in [-0.15, -0.1) is 0 Å². The molecule has 0 spiro atoms. The normalized spacial score (nSPS) is 18.4. The summed E-state index contributed by atoms with van der Waals surface area (Å²) in [6.07, 6.45) is 4.11. The van der Waals surface area contributed by atoms with Crippen LogP contribution in [0.3, 0.4) is 0 Å². The molecule has 4 heteroatoms. The third-order valence-electron chi connectivity index (χ3n) is 2.40. The lowest BCUT2D eigenvalue weighted by atomic mass is 10.0. The van der Waals surface area contributed by atoms with Crippen molar-refractivity contribution in [3.8, 4) is 0 Å². The molecule has 1 heterocycles. The highest BCUT2D eigenvalue weighted by Crippen LogP contribution is 2.28. The molecule has 0 aromatic heterocycles. The van der Waals surface area contributed by atoms with E-state index in [1.807, 2.05) is 35.4 Å². The first kappa shape index (κ1) is 11.6. The molecule has 1 aliphatic rings. The van der Waals surface area contributed by atoms with E-state index in [0.717, 1.165) is 15.3 Å². The number of para-hydroxylation sites is 1. The zero-order valence-electron chi connectivity index (χ0n) is 9.20. The van der Waals surface area contributed by atoms with E-state index in [1.54, 1.807) is 0 Å². The van der Waals surface area contributed by atoms with E-state index in [-0.39, 0.29) is 5.54 Å². The number of anilines is 1. The van der Waals surface area contributed by atoms with E-state index in [0.29, 0.717) is 0 Å². The van der Waals surface area contributed by atoms with Gasteiger partial charge in [0.05, 0.1) is 11.2 Å². The Balaban J connectivity index is 2.37. The molecule has 0 unspecified atom stereocenters. The molecule has 1 N–H and O–H groups in total. The number of hydrogen-bond acceptors (Lipinski definition) is 1. The SMILES string of the molecule is CC1(C)C=CN(c2ccccc2Br)C(=S)N1. The summed E-state index contributed by atoms with van der Waals surface area (Å²) in [6.45, 7) is 4.18. The van der Waals surface area contributed by atoms with Crippen LogP contribution in [0.25, 0.3) is 0 Å². The van der Waals surface area contributed by atoms with Gasteiger partial charge in [0.2, 0.25) is 0 Å². The summed E-state index contributed by atoms with van der Waals surface area (Å²) in [6, 6.07) is 8.02. The standard InChI is InChI=1S/C12H13BrN2S/c1-12(2)7-8-15(11(16)14-12)10-6-4-3-5-9(10)13/h3-8H,1-2H3,(H,14,16). The van der Waals surface area contributed by atoms with Crippen LogP contribution in [0.15, 0.2) is 41.0 Å². The van der Waals surface area contributed by atoms with E-state index in [2.05, 4.69) is 41.2 Å². The van der Waals surface area contributed by atoms with Gasteiger partial charge in [-0.1, -0.05) is 12.1 Å². The predicted octanol–water partition coefficient (Wildman–Crippen LogP) is 3.44. The van der Waals surface area contributed by atoms with Gasteiger partial charge in [-0.2, -0.15) is 0 Å². The molecular formula is C12H13BrN2S. The van der Waals surface area contributed by atoms with Crippen LogP contribution in [0.4, 0.5) is 5.69 Å². The number of nitrogens with one attached hydrogen (secondary N) is 1. The van der Waals surface area contributed by atoms with Crippen molar-refractivity contribution in [3.63, 3.8) is 0 Å². The number of benzene rings is 1. The molecule has 0 aliphatic carbocycles. The molecule has 0 saturated carbocycles. The molecule has 16 heavy (non-hydrogen) atoms. The molecule has 0 amide bonds. The number of hydrogen-bond donors (Lipinski definition) is 1. The van der Waals surface area contributed by atoms with Gasteiger partial charge in [0.1, 0.15) is 0 Å². The summed E-state index contributed by atoms with van der Waals surface area (Å²) in [4.78, 5) is 1.96. The average molecular weight is 297 g/mol. The van der Waals surface area contributed by atoms with Gasteiger partial charge in [-0.05, 0) is 60.2 Å². The first-order valence-electron chi connectivity index (χ1n) is 5.05. The van der Waals surface area contributed by atoms with Gasteiger partial charge in [-0.25, -0.2) is 0 Å². The molecule has 2 rings (SSSR count). The summed E-state index contributed by atoms with van der Waals surface area (Å²) in [5.74, 6) is 0. The first-order valence-corrected chi connectivity index (χ1v) is 6.25. The Bertz CT molecular complexity index is 454. The second-order valence-corrected chi connectivity index (χ2v) is 5.53. The van der Waals surface area contributed by atoms with E-state index in [9.17, 15) is 0 Å². The van der Waals surface area contributed by atoms with Crippen LogP contribution in [0.2, 0.25) is 0 Å². The van der Waals surface area contributed by atoms with Crippen LogP contribution < -0.4 is 10.2 Å². The molecule has 0 bridgehead atoms. The fraction of sp³-hybridized carbons (Fsp3) is 0.250. The number of thiocarbonyl (C=S) groups is 1. The number of rotatable bonds is 1. The topological polar surface area (TPSA) is 15.3 Å². The van der Waals surface area contributed by atoms with Gasteiger partial charge < -0.3 is 5.32 Å². The molecule has 0 saturated heterocycles. The lowest BCUT2D eigenvalue weighted by Gasteiger charge is -2.35. The van der Waals surface area contributed by atoms with Crippen LogP contribution >= 0.6 is 28.1 Å². The third-order valence-corrected chi connectivity index (χ3v) is 3.37. The van der Waals surface area contributed by atoms with E-state index < -0.39 is 0 Å². The summed E-state index contributed by atoms with van der Waals surface area (Å²) < 4.78 is 1.03. The minimum atomic E-state index is -0.0746. The van der Waals surface area contributed by atoms with Crippen molar-refractivity contribution < 1.29 is 0 Å². The lowest BCUT2D eigenvalue weighted by Crippen LogP contribution is -2.51. The Kier molecular flexibility index (Phi) is 3.04. The number of nitrogens with zero attached hydrogens (tertiary/aromatic N) is 1. The molecule has 0 fully saturated rings. The van der Waals surface area contributed by atoms with Crippen molar-refractivity contribution in [2.24, 2.45) is 0 Å². The fourth-order valence-electron chi connectivity index (χ4n) is 1.54. The molecule has 84 valence electrons. The Hall–Kier alpha value is -0.870. The van der Waals surface area contributed by atoms with Crippen molar-refractivity contribution in [2.75, 3.05) is 4.90 Å². The van der Waals surface area contributed by atoms with Gasteiger partial charge in [0, 0.05) is 10.7 Å². The summed E-state index contributed by atoms with van der Waals surface area (Å²) in [7, 11) is 0. The summed E-state index contributed by atoms with van der Waals surface area (Å²) in [5.41, 5.74) is 0.973. The third kappa shape index (κ3) is 2.28. The molecule has 2 nitrogen and oxygen atoms in total. The summed E-state index contributed by atoms with van der Waals surface area (Å²) >= 11 is 8.89. The van der Waals surface area contributed by atoms with Crippen molar-refractivity contribution in [3.05, 3.63) is 41.0 Å². The van der Waals surface area contributed by atoms with Crippen molar-refractivity contribution in [1.29, 1.82) is 0 Å². The van der Waals surface area contributed by atoms with Crippen LogP contribution in [-0.4, -0.2) is 10.7 Å². The molecule has 0 radical (unpaired) electrons. The maximum absolute atomic E-state index is 5.36. The zero-order chi connectivity index (χ0) is 11.8. The molecule has 0 atom stereocenters. The van der Waals surface area contributed by atoms with Crippen LogP contribution in [-0.2, 0) is 0 Å². The highest BCUT2D eigenvalue weighted by atomic mass is 79.9. The highest BCUT2D eigenvalue weighted by Gasteiger charge is 2.24. The van der Waals surface area contributed by atoms with Gasteiger partial charge in [0.15, 0.2) is 5.11 Å². The smallest absolute Gasteiger partial charge is 0.178 e. The predicted molar refractivity (Wildman–Crippen MR) is 75.6 cm³/mol. The maximum atomic E-state index is 5.36. The second kappa shape index (κ2) is 4.18. The minimum absolute atomic E-state index is 0.0746. The molecule has 1 aromatic rings. The molecule has 1 aliphatic heterocycles.